The van der Waals surface area contributed by atoms with Crippen LogP contribution in [0.25, 0.3) is 11.2 Å². The molecule has 0 amide bonds. The molecule has 0 spiro atoms. The number of nitrogens with two attached hydrogens (primary N) is 1. The zero-order chi connectivity index (χ0) is 31.7. The van der Waals surface area contributed by atoms with E-state index in [2.05, 4.69) is 76.4 Å². The van der Waals surface area contributed by atoms with E-state index < -0.39 is 47.8 Å². The van der Waals surface area contributed by atoms with E-state index in [4.69, 9.17) is 38.2 Å². The van der Waals surface area contributed by atoms with Gasteiger partial charge in [0.2, 0.25) is 0 Å². The van der Waals surface area contributed by atoms with Crippen molar-refractivity contribution in [3.63, 3.8) is 0 Å². The lowest BCUT2D eigenvalue weighted by Crippen LogP contribution is -2.68. The normalized spacial score (nSPS) is 27.0. The number of fused-ring (bicyclic) bond motifs is 2. The smallest absolute Gasteiger partial charge is 0.335 e. The molecule has 43 heavy (non-hydrogen) atoms. The number of rotatable bonds is 11. The van der Waals surface area contributed by atoms with Gasteiger partial charge in [0.15, 0.2) is 23.5 Å². The summed E-state index contributed by atoms with van der Waals surface area (Å²) in [5.41, 5.74) is 7.13. The molecule has 0 bridgehead atoms. The van der Waals surface area contributed by atoms with Crippen LogP contribution >= 0.6 is 0 Å². The maximum Gasteiger partial charge on any atom is 0.335 e. The number of ether oxygens (including phenoxy) is 3. The fourth-order valence-electron chi connectivity index (χ4n) is 6.24. The van der Waals surface area contributed by atoms with Crippen molar-refractivity contribution >= 4 is 39.9 Å². The summed E-state index contributed by atoms with van der Waals surface area (Å²) in [4.78, 5) is 26.3. The van der Waals surface area contributed by atoms with Gasteiger partial charge in [-0.1, -0.05) is 55.4 Å². The number of nitriles is 1. The second kappa shape index (κ2) is 13.4. The van der Waals surface area contributed by atoms with E-state index in [9.17, 15) is 4.79 Å². The third kappa shape index (κ3) is 6.16. The maximum atomic E-state index is 13.4. The lowest BCUT2D eigenvalue weighted by atomic mass is 10.0. The van der Waals surface area contributed by atoms with Crippen molar-refractivity contribution in [1.29, 1.82) is 5.26 Å². The minimum Gasteiger partial charge on any atom is -0.414 e. The number of hydrogen-bond acceptors (Lipinski definition) is 12. The summed E-state index contributed by atoms with van der Waals surface area (Å²) >= 11 is 0. The van der Waals surface area contributed by atoms with Gasteiger partial charge in [-0.25, -0.2) is 15.0 Å². The summed E-state index contributed by atoms with van der Waals surface area (Å²) in [6.07, 6.45) is -0.966. The summed E-state index contributed by atoms with van der Waals surface area (Å²) in [5, 5.41) is 8.95. The molecule has 13 nitrogen and oxygen atoms in total. The van der Waals surface area contributed by atoms with Gasteiger partial charge >= 0.3 is 17.1 Å². The van der Waals surface area contributed by atoms with Crippen LogP contribution < -0.4 is 5.73 Å². The molecule has 0 aliphatic carbocycles. The topological polar surface area (TPSA) is 166 Å². The minimum atomic E-state index is -3.10. The quantitative estimate of drug-likeness (QED) is 0.209. The third-order valence-electron chi connectivity index (χ3n) is 8.46. The van der Waals surface area contributed by atoms with E-state index in [1.807, 2.05) is 0 Å². The number of nitrogen functional groups attached to an aromatic ring is 1. The van der Waals surface area contributed by atoms with Crippen LogP contribution in [0, 0.1) is 11.3 Å². The Hall–Kier alpha value is -2.30. The Labute approximate surface area is 255 Å². The maximum absolute atomic E-state index is 13.4. The molecule has 15 heteroatoms. The highest BCUT2D eigenvalue weighted by molar-refractivity contribution is 6.84. The summed E-state index contributed by atoms with van der Waals surface area (Å²) < 4.78 is 42.2. The van der Waals surface area contributed by atoms with Crippen molar-refractivity contribution < 1.29 is 32.0 Å². The second-order valence-corrected chi connectivity index (χ2v) is 21.3. The third-order valence-corrected chi connectivity index (χ3v) is 18.7. The first-order valence-corrected chi connectivity index (χ1v) is 19.0. The number of carbonyl (C=O) groups excluding carboxylic acids is 1. The van der Waals surface area contributed by atoms with Crippen LogP contribution in [-0.2, 0) is 32.0 Å². The van der Waals surface area contributed by atoms with Crippen molar-refractivity contribution in [1.82, 2.24) is 19.5 Å². The van der Waals surface area contributed by atoms with E-state index in [0.29, 0.717) is 11.2 Å². The highest BCUT2D eigenvalue weighted by Crippen LogP contribution is 2.50. The number of anilines is 1. The number of Topliss-reactive ketones (excluding diaryl/α,β-unsaturated/α-hetero) is 1. The number of nitrogens with zero attached hydrogens (tertiary/aromatic N) is 5. The van der Waals surface area contributed by atoms with E-state index in [0.717, 1.165) is 0 Å². The van der Waals surface area contributed by atoms with Crippen LogP contribution in [0.2, 0.25) is 22.2 Å². The van der Waals surface area contributed by atoms with Gasteiger partial charge in [0.1, 0.15) is 43.1 Å². The lowest BCUT2D eigenvalue weighted by molar-refractivity contribution is -0.141. The number of hydrogen-bond donors (Lipinski definition) is 1. The molecule has 4 heterocycles. The Morgan fingerprint density at radius 1 is 1.02 bits per heavy atom. The van der Waals surface area contributed by atoms with E-state index in [1.54, 1.807) is 10.9 Å². The average Bonchev–Trinajstić information content (AvgIpc) is 3.50. The van der Waals surface area contributed by atoms with E-state index in [1.165, 1.54) is 13.3 Å². The molecule has 0 radical (unpaired) electrons. The summed E-state index contributed by atoms with van der Waals surface area (Å²) in [6, 6.07) is 2.06. The summed E-state index contributed by atoms with van der Waals surface area (Å²) in [6.45, 7) is 18.5. The van der Waals surface area contributed by atoms with Gasteiger partial charge in [-0.15, -0.1) is 0 Å². The Balaban J connectivity index is 1.89. The number of aromatic nitrogens is 4. The minimum absolute atomic E-state index is 0.0360. The molecule has 238 valence electrons. The Kier molecular flexibility index (Phi) is 10.4. The van der Waals surface area contributed by atoms with Crippen molar-refractivity contribution in [2.75, 3.05) is 19.1 Å². The molecule has 4 rings (SSSR count). The van der Waals surface area contributed by atoms with Crippen LogP contribution in [-0.4, -0.2) is 80.2 Å². The molecule has 2 aromatic rings. The number of imidazole rings is 1. The first-order chi connectivity index (χ1) is 20.3. The highest BCUT2D eigenvalue weighted by atomic mass is 28.5. The fourth-order valence-corrected chi connectivity index (χ4v) is 17.5. The summed E-state index contributed by atoms with van der Waals surface area (Å²) in [5.74, 6) is 0.0470. The first kappa shape index (κ1) is 33.6. The Bertz CT molecular complexity index is 1300. The van der Waals surface area contributed by atoms with Crippen LogP contribution in [0.5, 0.6) is 0 Å². The first-order valence-electron chi connectivity index (χ1n) is 15.0. The van der Waals surface area contributed by atoms with Crippen LogP contribution in [0.15, 0.2) is 12.7 Å². The van der Waals surface area contributed by atoms with Crippen LogP contribution in [0.3, 0.4) is 0 Å². The zero-order valence-electron chi connectivity index (χ0n) is 26.6. The monoisotopic (exact) mass is 634 g/mol. The second-order valence-electron chi connectivity index (χ2n) is 12.5. The van der Waals surface area contributed by atoms with Gasteiger partial charge in [-0.05, 0) is 29.1 Å². The Morgan fingerprint density at radius 3 is 2.23 bits per heavy atom. The van der Waals surface area contributed by atoms with Crippen molar-refractivity contribution in [2.24, 2.45) is 0 Å². The van der Waals surface area contributed by atoms with Crippen molar-refractivity contribution in [3.05, 3.63) is 12.7 Å². The van der Waals surface area contributed by atoms with Gasteiger partial charge in [-0.3, -0.25) is 9.36 Å². The van der Waals surface area contributed by atoms with Gasteiger partial charge in [-0.2, -0.15) is 5.26 Å². The van der Waals surface area contributed by atoms with Gasteiger partial charge in [0, 0.05) is 0 Å². The van der Waals surface area contributed by atoms with E-state index >= 15 is 0 Å². The largest absolute Gasteiger partial charge is 0.414 e. The van der Waals surface area contributed by atoms with Gasteiger partial charge in [0.25, 0.3) is 0 Å². The highest BCUT2D eigenvalue weighted by Gasteiger charge is 2.64. The molecule has 2 N–H and O–H groups in total. The molecule has 2 fully saturated rings. The molecule has 5 atom stereocenters. The zero-order valence-corrected chi connectivity index (χ0v) is 28.6. The fraction of sp³-hybridized carbons (Fsp3) is 0.750. The van der Waals surface area contributed by atoms with Gasteiger partial charge < -0.3 is 32.9 Å². The molecule has 2 aliphatic heterocycles. The lowest BCUT2D eigenvalue weighted by Gasteiger charge is -2.52. The molecule has 2 saturated heterocycles. The molecular weight excluding hydrogens is 589 g/mol. The number of carbonyl (C=O) groups is 1. The van der Waals surface area contributed by atoms with Crippen molar-refractivity contribution in [3.8, 4) is 6.07 Å². The molecule has 2 aromatic heterocycles. The van der Waals surface area contributed by atoms with Crippen LogP contribution in [0.4, 0.5) is 5.82 Å². The van der Waals surface area contributed by atoms with Crippen LogP contribution in [0.1, 0.15) is 75.0 Å². The average molecular weight is 635 g/mol. The van der Waals surface area contributed by atoms with E-state index in [-0.39, 0.29) is 53.6 Å². The van der Waals surface area contributed by atoms with Gasteiger partial charge in [0.05, 0.1) is 25.4 Å². The standard InChI is InChI=1S/C28H46N6O7Si2/c1-16(2)42(17(3)4)39-22(20(9)35)23-24(40-43(41-42,18(5)6)19(7)8)25(37-15-36-12-10-11-29)28(38-23)34-14-33-21-26(30)31-13-32-27(21)34/h13-14,16-19,22-25,28H,10,12,15H2,1-9H3,(H2,30,31,32)/t22?,23-,24-,25-,28-/m1/s1. The molecular formula is C28H46N6O7Si2. The predicted octanol–water partition coefficient (Wildman–Crippen LogP) is 4.49. The predicted molar refractivity (Wildman–Crippen MR) is 163 cm³/mol. The summed E-state index contributed by atoms with van der Waals surface area (Å²) in [7, 11) is -6.18. The molecule has 2 aliphatic rings. The number of ketones is 1. The molecule has 0 aromatic carbocycles. The Morgan fingerprint density at radius 2 is 1.65 bits per heavy atom. The van der Waals surface area contributed by atoms with Crippen molar-refractivity contribution in [2.45, 2.75) is 122 Å². The molecule has 1 unspecified atom stereocenters. The SMILES string of the molecule is CC(=O)C1O[Si](C(C)C)(C(C)C)O[Si](C(C)C)(C(C)C)O[C@H]2[C@@H](OCOCCC#N)[C@H](n3cnc4c(N)ncnc43)O[C@H]12. The molecule has 0 saturated carbocycles.